The first-order valence-electron chi connectivity index (χ1n) is 6.47. The second-order valence-corrected chi connectivity index (χ2v) is 4.59. The van der Waals surface area contributed by atoms with Gasteiger partial charge in [-0.15, -0.1) is 10.2 Å². The number of hydrogen-bond acceptors (Lipinski definition) is 7. The third-order valence-electron chi connectivity index (χ3n) is 3.01. The van der Waals surface area contributed by atoms with Crippen LogP contribution in [0.4, 0.5) is 11.4 Å². The summed E-state index contributed by atoms with van der Waals surface area (Å²) in [5, 5.41) is 22.4. The van der Waals surface area contributed by atoms with Gasteiger partial charge in [0.15, 0.2) is 0 Å². The molecule has 0 radical (unpaired) electrons. The van der Waals surface area contributed by atoms with Crippen LogP contribution in [0.1, 0.15) is 5.89 Å². The molecule has 0 aliphatic carbocycles. The third-order valence-corrected chi connectivity index (χ3v) is 3.01. The molecule has 0 bridgehead atoms. The van der Waals surface area contributed by atoms with Gasteiger partial charge in [-0.25, -0.2) is 0 Å². The van der Waals surface area contributed by atoms with Crippen molar-refractivity contribution < 1.29 is 9.34 Å². The maximum atomic E-state index is 10.6. The average molecular weight is 300 g/mol. The highest BCUT2D eigenvalue weighted by Gasteiger charge is 2.11. The molecule has 0 spiro atoms. The zero-order valence-corrected chi connectivity index (χ0v) is 11.4. The molecule has 0 saturated heterocycles. The summed E-state index contributed by atoms with van der Waals surface area (Å²) >= 11 is 0. The smallest absolute Gasteiger partial charge is 0.306 e. The molecule has 0 unspecified atom stereocenters. The van der Waals surface area contributed by atoms with Crippen LogP contribution in [0.5, 0.6) is 0 Å². The predicted octanol–water partition coefficient (Wildman–Crippen LogP) is 1.67. The fraction of sp³-hybridized carbons (Fsp3) is 0.154. The van der Waals surface area contributed by atoms with E-state index in [4.69, 9.17) is 10.2 Å². The molecule has 9 nitrogen and oxygen atoms in total. The van der Waals surface area contributed by atoms with Gasteiger partial charge in [0.2, 0.25) is 11.8 Å². The Morgan fingerprint density at radius 3 is 2.73 bits per heavy atom. The molecule has 3 aromatic rings. The largest absolute Gasteiger partial charge is 0.421 e. The molecular formula is C13H12N6O3. The Hall–Kier alpha value is -3.23. The van der Waals surface area contributed by atoms with Crippen LogP contribution in [-0.4, -0.2) is 24.9 Å². The second kappa shape index (κ2) is 5.64. The van der Waals surface area contributed by atoms with E-state index in [0.29, 0.717) is 30.4 Å². The summed E-state index contributed by atoms with van der Waals surface area (Å²) < 4.78 is 7.01. The summed E-state index contributed by atoms with van der Waals surface area (Å²) in [6, 6.07) is 7.09. The van der Waals surface area contributed by atoms with E-state index in [-0.39, 0.29) is 5.69 Å². The van der Waals surface area contributed by atoms with Crippen LogP contribution in [0, 0.1) is 10.1 Å². The van der Waals surface area contributed by atoms with Gasteiger partial charge < -0.3 is 10.2 Å². The normalized spacial score (nSPS) is 10.7. The summed E-state index contributed by atoms with van der Waals surface area (Å²) in [5.74, 6) is 0.839. The van der Waals surface area contributed by atoms with Gasteiger partial charge in [-0.2, -0.15) is 5.10 Å². The number of anilines is 1. The minimum absolute atomic E-state index is 0.0481. The number of nitrogens with two attached hydrogens (primary N) is 1. The van der Waals surface area contributed by atoms with Crippen LogP contribution in [0.2, 0.25) is 0 Å². The molecule has 2 N–H and O–H groups in total. The van der Waals surface area contributed by atoms with E-state index in [9.17, 15) is 10.1 Å². The fourth-order valence-electron chi connectivity index (χ4n) is 1.88. The standard InChI is InChI=1S/C13H12N6O3/c14-10-3-1-9(2-4-10)13-17-16-12(22-13)5-6-18-8-11(7-15-18)19(20)21/h1-4,7-8H,5-6,14H2. The maximum Gasteiger partial charge on any atom is 0.306 e. The SMILES string of the molecule is Nc1ccc(-c2nnc(CCn3cc([N+](=O)[O-])cn3)o2)cc1. The number of rotatable bonds is 5. The summed E-state index contributed by atoms with van der Waals surface area (Å²) in [4.78, 5) is 10.1. The molecule has 2 heterocycles. The van der Waals surface area contributed by atoms with Crippen LogP contribution in [-0.2, 0) is 13.0 Å². The zero-order valence-electron chi connectivity index (χ0n) is 11.4. The van der Waals surface area contributed by atoms with E-state index in [1.165, 1.54) is 17.1 Å². The molecule has 112 valence electrons. The van der Waals surface area contributed by atoms with Gasteiger partial charge in [0.1, 0.15) is 12.4 Å². The highest BCUT2D eigenvalue weighted by atomic mass is 16.6. The van der Waals surface area contributed by atoms with Crippen molar-refractivity contribution >= 4 is 11.4 Å². The van der Waals surface area contributed by atoms with Gasteiger partial charge >= 0.3 is 5.69 Å². The molecule has 0 fully saturated rings. The minimum Gasteiger partial charge on any atom is -0.421 e. The van der Waals surface area contributed by atoms with E-state index in [1.54, 1.807) is 24.3 Å². The highest BCUT2D eigenvalue weighted by Crippen LogP contribution is 2.19. The topological polar surface area (TPSA) is 126 Å². The van der Waals surface area contributed by atoms with E-state index in [0.717, 1.165) is 5.56 Å². The second-order valence-electron chi connectivity index (χ2n) is 4.59. The lowest BCUT2D eigenvalue weighted by Crippen LogP contribution is -2.01. The molecule has 1 aromatic carbocycles. The summed E-state index contributed by atoms with van der Waals surface area (Å²) in [6.45, 7) is 0.414. The number of benzene rings is 1. The molecular weight excluding hydrogens is 288 g/mol. The van der Waals surface area contributed by atoms with Crippen molar-refractivity contribution in [2.75, 3.05) is 5.73 Å². The molecule has 0 amide bonds. The number of aromatic nitrogens is 4. The quantitative estimate of drug-likeness (QED) is 0.431. The van der Waals surface area contributed by atoms with Crippen molar-refractivity contribution in [3.63, 3.8) is 0 Å². The fourth-order valence-corrected chi connectivity index (χ4v) is 1.88. The molecule has 22 heavy (non-hydrogen) atoms. The van der Waals surface area contributed by atoms with Gasteiger partial charge in [-0.3, -0.25) is 14.8 Å². The van der Waals surface area contributed by atoms with Crippen molar-refractivity contribution in [2.45, 2.75) is 13.0 Å². The van der Waals surface area contributed by atoms with Crippen molar-refractivity contribution in [1.82, 2.24) is 20.0 Å². The van der Waals surface area contributed by atoms with Gasteiger partial charge in [0.05, 0.1) is 4.92 Å². The summed E-state index contributed by atoms with van der Waals surface area (Å²) in [5.41, 5.74) is 7.01. The van der Waals surface area contributed by atoms with Crippen LogP contribution in [0.15, 0.2) is 41.1 Å². The monoisotopic (exact) mass is 300 g/mol. The first kappa shape index (κ1) is 13.7. The highest BCUT2D eigenvalue weighted by molar-refractivity contribution is 5.56. The van der Waals surface area contributed by atoms with Gasteiger partial charge in [0.25, 0.3) is 0 Å². The lowest BCUT2D eigenvalue weighted by atomic mass is 10.2. The lowest BCUT2D eigenvalue weighted by molar-refractivity contribution is -0.385. The Bertz CT molecular complexity index is 792. The van der Waals surface area contributed by atoms with Crippen molar-refractivity contribution in [3.8, 4) is 11.5 Å². The van der Waals surface area contributed by atoms with Crippen LogP contribution in [0.25, 0.3) is 11.5 Å². The summed E-state index contributed by atoms with van der Waals surface area (Å²) in [6.07, 6.45) is 2.99. The Morgan fingerprint density at radius 2 is 2.05 bits per heavy atom. The Morgan fingerprint density at radius 1 is 1.27 bits per heavy atom. The molecule has 9 heteroatoms. The molecule has 3 rings (SSSR count). The number of nitrogen functional groups attached to an aromatic ring is 1. The number of nitrogens with zero attached hydrogens (tertiary/aromatic N) is 5. The molecule has 0 atom stereocenters. The van der Waals surface area contributed by atoms with Crippen molar-refractivity contribution in [2.24, 2.45) is 0 Å². The predicted molar refractivity (Wildman–Crippen MR) is 76.7 cm³/mol. The first-order valence-corrected chi connectivity index (χ1v) is 6.47. The van der Waals surface area contributed by atoms with Crippen molar-refractivity contribution in [3.05, 3.63) is 52.7 Å². The minimum atomic E-state index is -0.491. The maximum absolute atomic E-state index is 10.6. The number of hydrogen-bond donors (Lipinski definition) is 1. The van der Waals surface area contributed by atoms with Crippen LogP contribution in [0.3, 0.4) is 0 Å². The average Bonchev–Trinajstić information content (AvgIpc) is 3.15. The van der Waals surface area contributed by atoms with Crippen LogP contribution < -0.4 is 5.73 Å². The van der Waals surface area contributed by atoms with Gasteiger partial charge in [-0.05, 0) is 24.3 Å². The molecule has 0 saturated carbocycles. The first-order chi connectivity index (χ1) is 10.6. The van der Waals surface area contributed by atoms with E-state index >= 15 is 0 Å². The van der Waals surface area contributed by atoms with Gasteiger partial charge in [-0.1, -0.05) is 0 Å². The van der Waals surface area contributed by atoms with E-state index in [2.05, 4.69) is 15.3 Å². The Balaban J connectivity index is 1.66. The van der Waals surface area contributed by atoms with E-state index in [1.807, 2.05) is 0 Å². The molecule has 0 aliphatic heterocycles. The number of nitro groups is 1. The lowest BCUT2D eigenvalue weighted by Gasteiger charge is -1.97. The molecule has 2 aromatic heterocycles. The number of aryl methyl sites for hydroxylation is 2. The Labute approximate surface area is 124 Å². The van der Waals surface area contributed by atoms with E-state index < -0.39 is 4.92 Å². The van der Waals surface area contributed by atoms with Crippen molar-refractivity contribution in [1.29, 1.82) is 0 Å². The third kappa shape index (κ3) is 2.92. The summed E-state index contributed by atoms with van der Waals surface area (Å²) in [7, 11) is 0. The zero-order chi connectivity index (χ0) is 15.5. The molecule has 0 aliphatic rings. The van der Waals surface area contributed by atoms with Gasteiger partial charge in [0, 0.05) is 24.2 Å². The Kier molecular flexibility index (Phi) is 3.52. The van der Waals surface area contributed by atoms with Crippen LogP contribution >= 0.6 is 0 Å².